The Morgan fingerprint density at radius 2 is 1.58 bits per heavy atom. The van der Waals surface area contributed by atoms with Crippen LogP contribution >= 0.6 is 11.6 Å². The smallest absolute Gasteiger partial charge is 0.256 e. The Morgan fingerprint density at radius 1 is 0.875 bits per heavy atom. The maximum absolute atomic E-state index is 12.4. The molecule has 0 spiro atoms. The van der Waals surface area contributed by atoms with Gasteiger partial charge in [0.15, 0.2) is 0 Å². The van der Waals surface area contributed by atoms with Crippen molar-refractivity contribution in [3.05, 3.63) is 71.4 Å². The first-order valence-corrected chi connectivity index (χ1v) is 7.66. The molecule has 24 heavy (non-hydrogen) atoms. The molecule has 0 atom stereocenters. The van der Waals surface area contributed by atoms with E-state index in [4.69, 9.17) is 11.6 Å². The fourth-order valence-corrected chi connectivity index (χ4v) is 2.58. The molecule has 0 saturated carbocycles. The fraction of sp³-hybridized carbons (Fsp3) is 0. The molecular weight excluding hydrogens is 324 g/mol. The lowest BCUT2D eigenvalue weighted by Crippen LogP contribution is -2.12. The Balaban J connectivity index is 1.71. The average molecular weight is 335 g/mol. The number of halogens is 1. The number of carbonyl (C=O) groups excluding carboxylic acids is 1. The molecule has 0 unspecified atom stereocenters. The highest BCUT2D eigenvalue weighted by molar-refractivity contribution is 6.30. The van der Waals surface area contributed by atoms with Gasteiger partial charge in [0.25, 0.3) is 5.91 Å². The summed E-state index contributed by atoms with van der Waals surface area (Å²) in [5.74, 6) is 0.124. The summed E-state index contributed by atoms with van der Waals surface area (Å²) in [5, 5.41) is 3.23. The molecule has 5 nitrogen and oxygen atoms in total. The van der Waals surface area contributed by atoms with Crippen LogP contribution in [-0.4, -0.2) is 20.9 Å². The van der Waals surface area contributed by atoms with Crippen LogP contribution in [0.3, 0.4) is 0 Å². The van der Waals surface area contributed by atoms with Crippen molar-refractivity contribution >= 4 is 45.4 Å². The Hall–Kier alpha value is -3.05. The number of anilines is 1. The summed E-state index contributed by atoms with van der Waals surface area (Å²) >= 11 is 5.90. The van der Waals surface area contributed by atoms with Crippen molar-refractivity contribution in [3.63, 3.8) is 0 Å². The number of amides is 1. The molecule has 0 fully saturated rings. The number of aromatic nitrogens is 3. The topological polar surface area (TPSA) is 67.8 Å². The zero-order valence-corrected chi connectivity index (χ0v) is 13.2. The first-order valence-electron chi connectivity index (χ1n) is 7.28. The zero-order chi connectivity index (χ0) is 16.5. The van der Waals surface area contributed by atoms with E-state index in [1.165, 1.54) is 6.20 Å². The molecule has 4 aromatic rings. The summed E-state index contributed by atoms with van der Waals surface area (Å²) in [6, 6.07) is 16.1. The third kappa shape index (κ3) is 2.77. The summed E-state index contributed by atoms with van der Waals surface area (Å²) in [4.78, 5) is 25.6. The van der Waals surface area contributed by atoms with Gasteiger partial charge in [-0.1, -0.05) is 23.7 Å². The first kappa shape index (κ1) is 14.5. The largest absolute Gasteiger partial charge is 0.307 e. The molecule has 2 aromatic heterocycles. The molecule has 116 valence electrons. The lowest BCUT2D eigenvalue weighted by Gasteiger charge is -2.06. The zero-order valence-electron chi connectivity index (χ0n) is 12.4. The quantitative estimate of drug-likeness (QED) is 0.561. The number of para-hydroxylation sites is 2. The second-order valence-corrected chi connectivity index (χ2v) is 5.67. The normalized spacial score (nSPS) is 10.9. The van der Waals surface area contributed by atoms with Crippen molar-refractivity contribution in [2.45, 2.75) is 0 Å². The van der Waals surface area contributed by atoms with E-state index < -0.39 is 0 Å². The molecule has 0 aliphatic carbocycles. The van der Waals surface area contributed by atoms with Gasteiger partial charge in [0.05, 0.1) is 22.1 Å². The number of hydrogen-bond donors (Lipinski definition) is 1. The van der Waals surface area contributed by atoms with Gasteiger partial charge in [0, 0.05) is 16.8 Å². The van der Waals surface area contributed by atoms with E-state index in [1.54, 1.807) is 30.3 Å². The number of hydrogen-bond acceptors (Lipinski definition) is 4. The molecule has 0 aliphatic heterocycles. The predicted molar refractivity (Wildman–Crippen MR) is 94.2 cm³/mol. The minimum absolute atomic E-state index is 0.276. The van der Waals surface area contributed by atoms with Gasteiger partial charge in [0.1, 0.15) is 5.82 Å². The second kappa shape index (κ2) is 5.86. The number of benzene rings is 2. The van der Waals surface area contributed by atoms with Crippen LogP contribution in [0.25, 0.3) is 22.1 Å². The van der Waals surface area contributed by atoms with Crippen LogP contribution in [0.15, 0.2) is 60.8 Å². The summed E-state index contributed by atoms with van der Waals surface area (Å²) in [6.45, 7) is 0. The number of pyridine rings is 1. The van der Waals surface area contributed by atoms with Crippen LogP contribution < -0.4 is 5.32 Å². The van der Waals surface area contributed by atoms with Gasteiger partial charge in [0.2, 0.25) is 0 Å². The van der Waals surface area contributed by atoms with Gasteiger partial charge in [-0.15, -0.1) is 0 Å². The maximum atomic E-state index is 12.4. The van der Waals surface area contributed by atoms with Gasteiger partial charge in [-0.3, -0.25) is 4.79 Å². The molecule has 0 saturated heterocycles. The number of carbonyl (C=O) groups is 1. The van der Waals surface area contributed by atoms with E-state index >= 15 is 0 Å². The molecule has 2 heterocycles. The van der Waals surface area contributed by atoms with Crippen molar-refractivity contribution in [2.75, 3.05) is 5.32 Å². The Kier molecular flexibility index (Phi) is 3.55. The highest BCUT2D eigenvalue weighted by Gasteiger charge is 2.10. The highest BCUT2D eigenvalue weighted by Crippen LogP contribution is 2.18. The lowest BCUT2D eigenvalue weighted by atomic mass is 10.1. The number of rotatable bonds is 2. The number of fused-ring (bicyclic) bond motifs is 2. The van der Waals surface area contributed by atoms with E-state index in [0.717, 1.165) is 16.6 Å². The van der Waals surface area contributed by atoms with Gasteiger partial charge in [-0.25, -0.2) is 15.0 Å². The van der Waals surface area contributed by atoms with Crippen molar-refractivity contribution < 1.29 is 4.79 Å². The van der Waals surface area contributed by atoms with Crippen LogP contribution in [-0.2, 0) is 0 Å². The van der Waals surface area contributed by atoms with Crippen LogP contribution in [0.5, 0.6) is 0 Å². The highest BCUT2D eigenvalue weighted by atomic mass is 35.5. The van der Waals surface area contributed by atoms with E-state index in [9.17, 15) is 4.79 Å². The average Bonchev–Trinajstić information content (AvgIpc) is 2.59. The summed E-state index contributed by atoms with van der Waals surface area (Å²) in [5.41, 5.74) is 3.50. The molecule has 1 amide bonds. The van der Waals surface area contributed by atoms with E-state index in [1.807, 2.05) is 24.3 Å². The maximum Gasteiger partial charge on any atom is 0.256 e. The van der Waals surface area contributed by atoms with Crippen LogP contribution in [0.2, 0.25) is 5.02 Å². The van der Waals surface area contributed by atoms with Crippen LogP contribution in [0, 0.1) is 0 Å². The SMILES string of the molecule is O=C(Nc1cc(Cl)ccn1)c1ccc2nc3ccccc3nc2c1. The first-order chi connectivity index (χ1) is 11.7. The van der Waals surface area contributed by atoms with Crippen LogP contribution in [0.1, 0.15) is 10.4 Å². The lowest BCUT2D eigenvalue weighted by molar-refractivity contribution is 0.102. The number of nitrogens with one attached hydrogen (secondary N) is 1. The van der Waals surface area contributed by atoms with Crippen LogP contribution in [0.4, 0.5) is 5.82 Å². The van der Waals surface area contributed by atoms with E-state index in [-0.39, 0.29) is 5.91 Å². The monoisotopic (exact) mass is 334 g/mol. The second-order valence-electron chi connectivity index (χ2n) is 5.23. The van der Waals surface area contributed by atoms with Gasteiger partial charge in [-0.05, 0) is 42.5 Å². The standard InChI is InChI=1S/C18H11ClN4O/c19-12-7-8-20-17(10-12)23-18(24)11-5-6-15-16(9-11)22-14-4-2-1-3-13(14)21-15/h1-10H,(H,20,23,24). The third-order valence-electron chi connectivity index (χ3n) is 3.56. The van der Waals surface area contributed by atoms with Gasteiger partial charge >= 0.3 is 0 Å². The molecule has 0 aliphatic rings. The van der Waals surface area contributed by atoms with Crippen molar-refractivity contribution in [2.24, 2.45) is 0 Å². The molecular formula is C18H11ClN4O. The Bertz CT molecular complexity index is 1080. The molecule has 2 aromatic carbocycles. The molecule has 0 radical (unpaired) electrons. The molecule has 6 heteroatoms. The van der Waals surface area contributed by atoms with E-state index in [0.29, 0.717) is 21.9 Å². The van der Waals surface area contributed by atoms with E-state index in [2.05, 4.69) is 20.3 Å². The van der Waals surface area contributed by atoms with Crippen molar-refractivity contribution in [1.29, 1.82) is 0 Å². The van der Waals surface area contributed by atoms with Gasteiger partial charge in [-0.2, -0.15) is 0 Å². The minimum atomic E-state index is -0.276. The molecule has 0 bridgehead atoms. The van der Waals surface area contributed by atoms with Gasteiger partial charge < -0.3 is 5.32 Å². The molecule has 4 rings (SSSR count). The fourth-order valence-electron chi connectivity index (χ4n) is 2.42. The molecule has 1 N–H and O–H groups in total. The number of nitrogens with zero attached hydrogens (tertiary/aromatic N) is 3. The Morgan fingerprint density at radius 3 is 2.33 bits per heavy atom. The minimum Gasteiger partial charge on any atom is -0.307 e. The summed E-state index contributed by atoms with van der Waals surface area (Å²) < 4.78 is 0. The van der Waals surface area contributed by atoms with Crippen molar-refractivity contribution in [3.8, 4) is 0 Å². The predicted octanol–water partition coefficient (Wildman–Crippen LogP) is 4.08. The summed E-state index contributed by atoms with van der Waals surface area (Å²) in [7, 11) is 0. The summed E-state index contributed by atoms with van der Waals surface area (Å²) in [6.07, 6.45) is 1.54. The Labute approximate surface area is 142 Å². The third-order valence-corrected chi connectivity index (χ3v) is 3.80. The van der Waals surface area contributed by atoms with Crippen molar-refractivity contribution in [1.82, 2.24) is 15.0 Å².